The van der Waals surface area contributed by atoms with Gasteiger partial charge in [-0.2, -0.15) is 0 Å². The lowest BCUT2D eigenvalue weighted by molar-refractivity contribution is 0.0763. The van der Waals surface area contributed by atoms with Crippen LogP contribution in [0.5, 0.6) is 11.5 Å². The van der Waals surface area contributed by atoms with Crippen molar-refractivity contribution in [2.24, 2.45) is 5.41 Å². The van der Waals surface area contributed by atoms with Crippen LogP contribution in [0.15, 0.2) is 54.6 Å². The van der Waals surface area contributed by atoms with Gasteiger partial charge in [-0.1, -0.05) is 37.6 Å². The molecule has 0 amide bonds. The van der Waals surface area contributed by atoms with Crippen molar-refractivity contribution >= 4 is 12.8 Å². The van der Waals surface area contributed by atoms with Gasteiger partial charge in [0.2, 0.25) is 0 Å². The van der Waals surface area contributed by atoms with Crippen LogP contribution >= 0.6 is 7.49 Å². The van der Waals surface area contributed by atoms with Crippen LogP contribution in [0.25, 0.3) is 0 Å². The second kappa shape index (κ2) is 10.0. The number of hydrogen-bond acceptors (Lipinski definition) is 4. The second-order valence-corrected chi connectivity index (χ2v) is 12.0. The zero-order valence-corrected chi connectivity index (χ0v) is 18.5. The van der Waals surface area contributed by atoms with E-state index < -0.39 is 13.6 Å². The number of ether oxygens (including phenoxy) is 1. The number of rotatable bonds is 9. The monoisotopic (exact) mass is 417 g/mol. The van der Waals surface area contributed by atoms with E-state index in [1.165, 1.54) is 5.30 Å². The van der Waals surface area contributed by atoms with E-state index in [9.17, 15) is 5.11 Å². The maximum Gasteiger partial charge on any atom is 0.177 e. The summed E-state index contributed by atoms with van der Waals surface area (Å²) in [5.74, 6) is 1.70. The molecule has 29 heavy (non-hydrogen) atoms. The minimum absolute atomic E-state index is 0.145. The summed E-state index contributed by atoms with van der Waals surface area (Å²) in [5, 5.41) is 19.9. The zero-order chi connectivity index (χ0) is 20.7. The topological polar surface area (TPSA) is 58.9 Å². The zero-order valence-electron chi connectivity index (χ0n) is 17.6. The Kier molecular flexibility index (Phi) is 7.70. The smallest absolute Gasteiger partial charge is 0.177 e. The van der Waals surface area contributed by atoms with Gasteiger partial charge in [-0.05, 0) is 55.9 Å². The average Bonchev–Trinajstić information content (AvgIpc) is 2.75. The molecule has 3 atom stereocenters. The van der Waals surface area contributed by atoms with Crippen molar-refractivity contribution in [1.29, 1.82) is 0 Å². The molecule has 0 aliphatic carbocycles. The number of benzene rings is 2. The quantitative estimate of drug-likeness (QED) is 0.564. The Hall–Kier alpha value is -1.45. The highest BCUT2D eigenvalue weighted by Crippen LogP contribution is 2.64. The summed E-state index contributed by atoms with van der Waals surface area (Å²) in [5.41, 5.74) is 0.145. The molecule has 2 N–H and O–H groups in total. The van der Waals surface area contributed by atoms with Gasteiger partial charge in [-0.15, -0.1) is 0 Å². The third-order valence-electron chi connectivity index (χ3n) is 6.04. The Bertz CT molecular complexity index is 756. The van der Waals surface area contributed by atoms with Crippen LogP contribution in [0.2, 0.25) is 0 Å². The lowest BCUT2D eigenvalue weighted by atomic mass is 9.83. The molecule has 0 saturated carbocycles. The van der Waals surface area contributed by atoms with Crippen molar-refractivity contribution in [1.82, 2.24) is 0 Å². The number of aliphatic hydroxyl groups is 2. The Balaban J connectivity index is 1.66. The number of aliphatic hydroxyl groups excluding tert-OH is 2. The molecular formula is C24H34O4P+. The van der Waals surface area contributed by atoms with Crippen LogP contribution in [0.1, 0.15) is 39.5 Å². The lowest BCUT2D eigenvalue weighted by Gasteiger charge is -2.39. The van der Waals surface area contributed by atoms with Crippen LogP contribution in [0.3, 0.4) is 0 Å². The summed E-state index contributed by atoms with van der Waals surface area (Å²) >= 11 is 0. The molecule has 2 aromatic carbocycles. The van der Waals surface area contributed by atoms with E-state index in [-0.39, 0.29) is 12.0 Å². The summed E-state index contributed by atoms with van der Waals surface area (Å²) < 4.78 is 12.7. The highest BCUT2D eigenvalue weighted by atomic mass is 31.2. The van der Waals surface area contributed by atoms with E-state index in [1.807, 2.05) is 36.4 Å². The molecule has 1 aliphatic heterocycles. The van der Waals surface area contributed by atoms with E-state index >= 15 is 0 Å². The molecular weight excluding hydrogens is 383 g/mol. The van der Waals surface area contributed by atoms with Crippen LogP contribution < -0.4 is 10.0 Å². The van der Waals surface area contributed by atoms with Gasteiger partial charge < -0.3 is 14.9 Å². The fourth-order valence-corrected chi connectivity index (χ4v) is 7.56. The Morgan fingerprint density at radius 3 is 2.55 bits per heavy atom. The fraction of sp³-hybridized carbons (Fsp3) is 0.500. The molecule has 2 aromatic rings. The first kappa shape index (κ1) is 22.2. The van der Waals surface area contributed by atoms with Gasteiger partial charge in [0.1, 0.15) is 16.8 Å². The van der Waals surface area contributed by atoms with Crippen LogP contribution in [0.4, 0.5) is 0 Å². The van der Waals surface area contributed by atoms with Gasteiger partial charge in [-0.3, -0.25) is 0 Å². The predicted octanol–water partition coefficient (Wildman–Crippen LogP) is 5.01. The van der Waals surface area contributed by atoms with Crippen molar-refractivity contribution in [2.75, 3.05) is 25.5 Å². The van der Waals surface area contributed by atoms with Crippen LogP contribution in [0, 0.1) is 5.41 Å². The third-order valence-corrected chi connectivity index (χ3v) is 9.85. The van der Waals surface area contributed by atoms with E-state index in [0.29, 0.717) is 6.42 Å². The molecule has 0 bridgehead atoms. The minimum atomic E-state index is -1.66. The SMILES string of the molecule is CC[P+]1(c2cccc(Oc3ccccc3)c2)CCC(C)(CCCC(O)CO)CO1. The highest BCUT2D eigenvalue weighted by Gasteiger charge is 2.48. The van der Waals surface area contributed by atoms with Crippen LogP contribution in [-0.4, -0.2) is 41.9 Å². The van der Waals surface area contributed by atoms with Gasteiger partial charge in [0.25, 0.3) is 0 Å². The first-order chi connectivity index (χ1) is 14.0. The summed E-state index contributed by atoms with van der Waals surface area (Å²) in [7, 11) is -1.66. The summed E-state index contributed by atoms with van der Waals surface area (Å²) in [6.07, 6.45) is 5.23. The van der Waals surface area contributed by atoms with E-state index in [0.717, 1.165) is 49.7 Å². The average molecular weight is 418 g/mol. The van der Waals surface area contributed by atoms with Gasteiger partial charge in [0, 0.05) is 6.07 Å². The van der Waals surface area contributed by atoms with Crippen molar-refractivity contribution in [3.8, 4) is 11.5 Å². The maximum absolute atomic E-state index is 9.59. The van der Waals surface area contributed by atoms with Gasteiger partial charge in [-0.25, -0.2) is 4.52 Å². The van der Waals surface area contributed by atoms with Crippen molar-refractivity contribution in [3.05, 3.63) is 54.6 Å². The van der Waals surface area contributed by atoms with Crippen molar-refractivity contribution in [2.45, 2.75) is 45.6 Å². The molecule has 1 heterocycles. The summed E-state index contributed by atoms with van der Waals surface area (Å²) in [4.78, 5) is 0. The Morgan fingerprint density at radius 1 is 1.14 bits per heavy atom. The molecule has 0 spiro atoms. The molecule has 3 unspecified atom stereocenters. The normalized spacial score (nSPS) is 25.5. The Morgan fingerprint density at radius 2 is 1.90 bits per heavy atom. The molecule has 1 aliphatic rings. The number of para-hydroxylation sites is 1. The fourth-order valence-electron chi connectivity index (χ4n) is 3.98. The second-order valence-electron chi connectivity index (χ2n) is 8.40. The summed E-state index contributed by atoms with van der Waals surface area (Å²) in [6.45, 7) is 5.13. The summed E-state index contributed by atoms with van der Waals surface area (Å²) in [6, 6.07) is 18.3. The molecule has 0 radical (unpaired) electrons. The molecule has 5 heteroatoms. The van der Waals surface area contributed by atoms with E-state index in [4.69, 9.17) is 14.4 Å². The minimum Gasteiger partial charge on any atom is -0.457 e. The molecule has 158 valence electrons. The largest absolute Gasteiger partial charge is 0.457 e. The van der Waals surface area contributed by atoms with Crippen molar-refractivity contribution < 1.29 is 19.5 Å². The molecule has 3 rings (SSSR count). The van der Waals surface area contributed by atoms with E-state index in [1.54, 1.807) is 0 Å². The molecule has 1 saturated heterocycles. The lowest BCUT2D eigenvalue weighted by Crippen LogP contribution is -2.35. The third kappa shape index (κ3) is 5.79. The first-order valence-corrected chi connectivity index (χ1v) is 12.7. The van der Waals surface area contributed by atoms with Gasteiger partial charge >= 0.3 is 0 Å². The Labute approximate surface area is 175 Å². The number of hydrogen-bond donors (Lipinski definition) is 2. The predicted molar refractivity (Wildman–Crippen MR) is 121 cm³/mol. The highest BCUT2D eigenvalue weighted by molar-refractivity contribution is 7.78. The maximum atomic E-state index is 9.59. The molecule has 0 aromatic heterocycles. The van der Waals surface area contributed by atoms with Gasteiger partial charge in [0.15, 0.2) is 7.49 Å². The standard InChI is InChI=1S/C24H34O4P/c1-3-29(16-15-24(2,19-27-29)14-8-9-20(26)18-25)23-13-7-12-22(17-23)28-21-10-5-4-6-11-21/h4-7,10-13,17,20,25-26H,3,8-9,14-16,18-19H2,1-2H3/q+1. The van der Waals surface area contributed by atoms with E-state index in [2.05, 4.69) is 32.0 Å². The molecule has 4 nitrogen and oxygen atoms in total. The molecule has 1 fully saturated rings. The van der Waals surface area contributed by atoms with Gasteiger partial charge in [0.05, 0.1) is 31.6 Å². The van der Waals surface area contributed by atoms with Crippen LogP contribution in [-0.2, 0) is 4.52 Å². The van der Waals surface area contributed by atoms with Crippen molar-refractivity contribution in [3.63, 3.8) is 0 Å². The first-order valence-electron chi connectivity index (χ1n) is 10.6.